The van der Waals surface area contributed by atoms with Crippen LogP contribution in [0.3, 0.4) is 0 Å². The smallest absolute Gasteiger partial charge is 0.227 e. The van der Waals surface area contributed by atoms with E-state index in [4.69, 9.17) is 0 Å². The van der Waals surface area contributed by atoms with Crippen molar-refractivity contribution in [2.45, 2.75) is 13.3 Å². The summed E-state index contributed by atoms with van der Waals surface area (Å²) in [5.74, 6) is 0.823. The molecule has 0 N–H and O–H groups in total. The van der Waals surface area contributed by atoms with Crippen molar-refractivity contribution in [3.05, 3.63) is 66.0 Å². The third kappa shape index (κ3) is 4.08. The first-order chi connectivity index (χ1) is 14.0. The van der Waals surface area contributed by atoms with Gasteiger partial charge in [0, 0.05) is 50.7 Å². The van der Waals surface area contributed by atoms with Gasteiger partial charge in [-0.25, -0.2) is 23.7 Å². The first-order valence-corrected chi connectivity index (χ1v) is 9.30. The molecule has 1 saturated heterocycles. The summed E-state index contributed by atoms with van der Waals surface area (Å²) in [6.07, 6.45) is 4.99. The maximum Gasteiger partial charge on any atom is 0.227 e. The third-order valence-corrected chi connectivity index (χ3v) is 5.02. The summed E-state index contributed by atoms with van der Waals surface area (Å²) in [6.45, 7) is 4.13. The molecule has 1 aliphatic heterocycles. The number of carbonyl (C=O) groups is 1. The number of halogens is 2. The largest absolute Gasteiger partial charge is 0.353 e. The molecule has 9 heteroatoms. The van der Waals surface area contributed by atoms with Crippen LogP contribution in [0, 0.1) is 18.6 Å². The zero-order valence-corrected chi connectivity index (χ0v) is 15.9. The summed E-state index contributed by atoms with van der Waals surface area (Å²) in [6, 6.07) is 5.17. The molecule has 0 bridgehead atoms. The van der Waals surface area contributed by atoms with Crippen molar-refractivity contribution >= 4 is 11.7 Å². The van der Waals surface area contributed by atoms with Crippen LogP contribution >= 0.6 is 0 Å². The highest BCUT2D eigenvalue weighted by Gasteiger charge is 2.23. The van der Waals surface area contributed by atoms with E-state index in [0.29, 0.717) is 26.2 Å². The Morgan fingerprint density at radius 1 is 1.03 bits per heavy atom. The van der Waals surface area contributed by atoms with E-state index < -0.39 is 11.6 Å². The third-order valence-electron chi connectivity index (χ3n) is 5.02. The van der Waals surface area contributed by atoms with E-state index in [0.717, 1.165) is 29.6 Å². The topological polar surface area (TPSA) is 67.2 Å². The van der Waals surface area contributed by atoms with Crippen LogP contribution in [0.5, 0.6) is 0 Å². The van der Waals surface area contributed by atoms with Gasteiger partial charge in [-0.3, -0.25) is 9.36 Å². The van der Waals surface area contributed by atoms with Gasteiger partial charge >= 0.3 is 0 Å². The lowest BCUT2D eigenvalue weighted by Gasteiger charge is -2.35. The number of anilines is 1. The summed E-state index contributed by atoms with van der Waals surface area (Å²) >= 11 is 0. The molecule has 150 valence electrons. The summed E-state index contributed by atoms with van der Waals surface area (Å²) in [7, 11) is 0. The minimum absolute atomic E-state index is 0.0797. The Bertz CT molecular complexity index is 1030. The Kier molecular flexibility index (Phi) is 5.20. The van der Waals surface area contributed by atoms with E-state index >= 15 is 0 Å². The van der Waals surface area contributed by atoms with Crippen LogP contribution in [-0.4, -0.2) is 56.5 Å². The number of hydrogen-bond donors (Lipinski definition) is 0. The van der Waals surface area contributed by atoms with Crippen molar-refractivity contribution in [1.82, 2.24) is 24.4 Å². The molecule has 1 aromatic carbocycles. The number of aryl methyl sites for hydroxylation is 1. The SMILES string of the molecule is Cc1nccn1-c1cc(N2CCN(C(=O)Cc3ccc(F)cc3F)CC2)ncn1. The number of benzene rings is 1. The van der Waals surface area contributed by atoms with Crippen molar-refractivity contribution in [3.63, 3.8) is 0 Å². The molecule has 0 saturated carbocycles. The fourth-order valence-corrected chi connectivity index (χ4v) is 3.39. The van der Waals surface area contributed by atoms with Gasteiger partial charge in [0.05, 0.1) is 6.42 Å². The molecular formula is C20H20F2N6O. The Morgan fingerprint density at radius 2 is 1.79 bits per heavy atom. The number of carbonyl (C=O) groups excluding carboxylic acids is 1. The average Bonchev–Trinajstić information content (AvgIpc) is 3.16. The number of hydrogen-bond acceptors (Lipinski definition) is 5. The molecule has 0 radical (unpaired) electrons. The highest BCUT2D eigenvalue weighted by Crippen LogP contribution is 2.18. The quantitative estimate of drug-likeness (QED) is 0.674. The molecule has 1 amide bonds. The first-order valence-electron chi connectivity index (χ1n) is 9.30. The Labute approximate surface area is 166 Å². The zero-order valence-electron chi connectivity index (χ0n) is 15.9. The molecule has 29 heavy (non-hydrogen) atoms. The maximum atomic E-state index is 13.8. The van der Waals surface area contributed by atoms with E-state index in [-0.39, 0.29) is 17.9 Å². The zero-order chi connectivity index (χ0) is 20.4. The van der Waals surface area contributed by atoms with Crippen molar-refractivity contribution in [1.29, 1.82) is 0 Å². The number of rotatable bonds is 4. The Hall–Kier alpha value is -3.36. The molecule has 0 atom stereocenters. The van der Waals surface area contributed by atoms with Crippen molar-refractivity contribution in [2.75, 3.05) is 31.1 Å². The van der Waals surface area contributed by atoms with Gasteiger partial charge in [-0.1, -0.05) is 6.07 Å². The van der Waals surface area contributed by atoms with Gasteiger partial charge in [0.25, 0.3) is 0 Å². The second-order valence-corrected chi connectivity index (χ2v) is 6.86. The predicted molar refractivity (Wildman–Crippen MR) is 103 cm³/mol. The molecule has 1 aliphatic rings. The van der Waals surface area contributed by atoms with Crippen LogP contribution in [0.15, 0.2) is 43.0 Å². The molecular weight excluding hydrogens is 378 g/mol. The number of nitrogens with zero attached hydrogens (tertiary/aromatic N) is 6. The second-order valence-electron chi connectivity index (χ2n) is 6.86. The lowest BCUT2D eigenvalue weighted by Crippen LogP contribution is -2.49. The highest BCUT2D eigenvalue weighted by molar-refractivity contribution is 5.79. The minimum atomic E-state index is -0.694. The van der Waals surface area contributed by atoms with Gasteiger partial charge in [-0.05, 0) is 18.6 Å². The standard InChI is InChI=1S/C20H20F2N6O/c1-14-23-4-5-28(14)19-12-18(24-13-25-19)26-6-8-27(9-7-26)20(29)10-15-2-3-16(21)11-17(15)22/h2-5,11-13H,6-10H2,1H3. The minimum Gasteiger partial charge on any atom is -0.353 e. The van der Waals surface area contributed by atoms with E-state index in [9.17, 15) is 13.6 Å². The van der Waals surface area contributed by atoms with Crippen LogP contribution in [0.2, 0.25) is 0 Å². The number of piperazine rings is 1. The van der Waals surface area contributed by atoms with Gasteiger partial charge in [-0.15, -0.1) is 0 Å². The number of amides is 1. The summed E-state index contributed by atoms with van der Waals surface area (Å²) in [5, 5.41) is 0. The molecule has 3 heterocycles. The summed E-state index contributed by atoms with van der Waals surface area (Å²) in [4.78, 5) is 29.1. The lowest BCUT2D eigenvalue weighted by atomic mass is 10.1. The Morgan fingerprint density at radius 3 is 2.48 bits per heavy atom. The number of aromatic nitrogens is 4. The molecule has 3 aromatic rings. The molecule has 4 rings (SSSR count). The molecule has 0 aliphatic carbocycles. The van der Waals surface area contributed by atoms with Crippen molar-refractivity contribution < 1.29 is 13.6 Å². The van der Waals surface area contributed by atoms with Gasteiger partial charge in [-0.2, -0.15) is 0 Å². The van der Waals surface area contributed by atoms with Crippen molar-refractivity contribution in [3.8, 4) is 5.82 Å². The average molecular weight is 398 g/mol. The lowest BCUT2D eigenvalue weighted by molar-refractivity contribution is -0.130. The van der Waals surface area contributed by atoms with Gasteiger partial charge in [0.2, 0.25) is 5.91 Å². The maximum absolute atomic E-state index is 13.8. The number of imidazole rings is 1. The van der Waals surface area contributed by atoms with Crippen LogP contribution in [-0.2, 0) is 11.2 Å². The monoisotopic (exact) mass is 398 g/mol. The van der Waals surface area contributed by atoms with Gasteiger partial charge in [0.15, 0.2) is 0 Å². The first kappa shape index (κ1) is 19.0. The van der Waals surface area contributed by atoms with Crippen LogP contribution in [0.1, 0.15) is 11.4 Å². The van der Waals surface area contributed by atoms with Gasteiger partial charge in [0.1, 0.15) is 35.4 Å². The summed E-state index contributed by atoms with van der Waals surface area (Å²) in [5.41, 5.74) is 0.204. The van der Waals surface area contributed by atoms with Gasteiger partial charge < -0.3 is 9.80 Å². The molecule has 2 aromatic heterocycles. The van der Waals surface area contributed by atoms with Crippen LogP contribution in [0.4, 0.5) is 14.6 Å². The predicted octanol–water partition coefficient (Wildman–Crippen LogP) is 2.14. The fraction of sp³-hybridized carbons (Fsp3) is 0.300. The molecule has 0 spiro atoms. The van der Waals surface area contributed by atoms with E-state index in [1.54, 1.807) is 11.1 Å². The van der Waals surface area contributed by atoms with Crippen LogP contribution < -0.4 is 4.90 Å². The van der Waals surface area contributed by atoms with Crippen LogP contribution in [0.25, 0.3) is 5.82 Å². The van der Waals surface area contributed by atoms with E-state index in [2.05, 4.69) is 19.9 Å². The fourth-order valence-electron chi connectivity index (χ4n) is 3.39. The molecule has 1 fully saturated rings. The molecule has 0 unspecified atom stereocenters. The normalized spacial score (nSPS) is 14.3. The second kappa shape index (κ2) is 7.94. The summed E-state index contributed by atoms with van der Waals surface area (Å²) < 4.78 is 28.7. The van der Waals surface area contributed by atoms with E-state index in [1.807, 2.05) is 23.8 Å². The Balaban J connectivity index is 1.39. The van der Waals surface area contributed by atoms with Crippen molar-refractivity contribution in [2.24, 2.45) is 0 Å². The molecule has 7 nitrogen and oxygen atoms in total. The highest BCUT2D eigenvalue weighted by atomic mass is 19.1. The van der Waals surface area contributed by atoms with E-state index in [1.165, 1.54) is 12.4 Å².